The molecule has 1 aromatic heterocycles. The van der Waals surface area contributed by atoms with Crippen LogP contribution in [0, 0.1) is 5.82 Å². The van der Waals surface area contributed by atoms with Gasteiger partial charge in [0.05, 0.1) is 5.02 Å². The van der Waals surface area contributed by atoms with Crippen LogP contribution in [0.25, 0.3) is 11.1 Å². The molecule has 0 aliphatic rings. The summed E-state index contributed by atoms with van der Waals surface area (Å²) in [6.07, 6.45) is 0.682. The lowest BCUT2D eigenvalue weighted by Crippen LogP contribution is -2.16. The highest BCUT2D eigenvalue weighted by atomic mass is 35.5. The molecule has 0 spiro atoms. The Kier molecular flexibility index (Phi) is 3.41. The van der Waals surface area contributed by atoms with Gasteiger partial charge < -0.3 is 9.73 Å². The van der Waals surface area contributed by atoms with Gasteiger partial charge in [0.1, 0.15) is 11.3 Å². The highest BCUT2D eigenvalue weighted by Gasteiger charge is 2.09. The molecule has 5 heteroatoms. The molecule has 0 saturated heterocycles. The normalized spacial score (nSPS) is 11.2. The number of fused-ring (bicyclic) bond motifs is 1. The lowest BCUT2D eigenvalue weighted by molar-refractivity contribution is 0.515. The van der Waals surface area contributed by atoms with E-state index in [0.717, 1.165) is 13.1 Å². The minimum Gasteiger partial charge on any atom is -0.441 e. The first-order valence-electron chi connectivity index (χ1n) is 5.16. The SMILES string of the molecule is CCNCCc1nc2cc(Cl)c(F)cc2o1. The van der Waals surface area contributed by atoms with E-state index < -0.39 is 5.82 Å². The zero-order valence-electron chi connectivity index (χ0n) is 8.89. The van der Waals surface area contributed by atoms with Crippen molar-refractivity contribution in [3.63, 3.8) is 0 Å². The van der Waals surface area contributed by atoms with Gasteiger partial charge in [-0.1, -0.05) is 18.5 Å². The van der Waals surface area contributed by atoms with Gasteiger partial charge in [-0.05, 0) is 12.6 Å². The van der Waals surface area contributed by atoms with Crippen molar-refractivity contribution < 1.29 is 8.81 Å². The summed E-state index contributed by atoms with van der Waals surface area (Å²) in [7, 11) is 0. The van der Waals surface area contributed by atoms with Gasteiger partial charge in [-0.25, -0.2) is 9.37 Å². The summed E-state index contributed by atoms with van der Waals surface area (Å²) in [4.78, 5) is 4.23. The van der Waals surface area contributed by atoms with Gasteiger partial charge >= 0.3 is 0 Å². The van der Waals surface area contributed by atoms with E-state index in [-0.39, 0.29) is 5.02 Å². The quantitative estimate of drug-likeness (QED) is 0.838. The van der Waals surface area contributed by atoms with Crippen molar-refractivity contribution in [1.29, 1.82) is 0 Å². The van der Waals surface area contributed by atoms with E-state index in [0.29, 0.717) is 23.4 Å². The molecule has 1 heterocycles. The molecule has 86 valence electrons. The summed E-state index contributed by atoms with van der Waals surface area (Å²) in [5.74, 6) is 0.112. The summed E-state index contributed by atoms with van der Waals surface area (Å²) < 4.78 is 18.5. The summed E-state index contributed by atoms with van der Waals surface area (Å²) in [5, 5.41) is 3.23. The highest BCUT2D eigenvalue weighted by molar-refractivity contribution is 6.31. The molecule has 0 amide bonds. The molecule has 2 rings (SSSR count). The minimum absolute atomic E-state index is 0.0685. The Hall–Kier alpha value is -1.13. The Balaban J connectivity index is 2.23. The van der Waals surface area contributed by atoms with Crippen LogP contribution in [-0.2, 0) is 6.42 Å². The van der Waals surface area contributed by atoms with Crippen molar-refractivity contribution in [2.75, 3.05) is 13.1 Å². The van der Waals surface area contributed by atoms with Gasteiger partial charge in [0.2, 0.25) is 0 Å². The number of likely N-dealkylation sites (N-methyl/N-ethyl adjacent to an activating group) is 1. The molecule has 0 unspecified atom stereocenters. The summed E-state index contributed by atoms with van der Waals surface area (Å²) in [6, 6.07) is 2.74. The highest BCUT2D eigenvalue weighted by Crippen LogP contribution is 2.23. The van der Waals surface area contributed by atoms with Gasteiger partial charge in [-0.3, -0.25) is 0 Å². The molecule has 1 aromatic carbocycles. The Morgan fingerprint density at radius 2 is 2.31 bits per heavy atom. The van der Waals surface area contributed by atoms with Crippen molar-refractivity contribution >= 4 is 22.7 Å². The Bertz CT molecular complexity index is 459. The summed E-state index contributed by atoms with van der Waals surface area (Å²) in [6.45, 7) is 3.72. The van der Waals surface area contributed by atoms with Gasteiger partial charge in [0, 0.05) is 19.0 Å². The van der Waals surface area contributed by atoms with Gasteiger partial charge in [0.25, 0.3) is 0 Å². The number of nitrogens with zero attached hydrogens (tertiary/aromatic N) is 1. The first-order valence-corrected chi connectivity index (χ1v) is 5.53. The van der Waals surface area contributed by atoms with E-state index in [1.165, 1.54) is 12.1 Å². The second-order valence-corrected chi connectivity index (χ2v) is 3.85. The average Bonchev–Trinajstić information content (AvgIpc) is 2.61. The number of nitrogens with one attached hydrogen (secondary N) is 1. The minimum atomic E-state index is -0.483. The third-order valence-corrected chi connectivity index (χ3v) is 2.53. The third kappa shape index (κ3) is 2.33. The van der Waals surface area contributed by atoms with Crippen LogP contribution in [0.5, 0.6) is 0 Å². The first kappa shape index (κ1) is 11.4. The number of benzene rings is 1. The van der Waals surface area contributed by atoms with Crippen LogP contribution >= 0.6 is 11.6 Å². The molecule has 3 nitrogen and oxygen atoms in total. The maximum absolute atomic E-state index is 13.1. The van der Waals surface area contributed by atoms with Crippen molar-refractivity contribution in [2.24, 2.45) is 0 Å². The topological polar surface area (TPSA) is 38.1 Å². The molecular weight excluding hydrogens is 231 g/mol. The maximum atomic E-state index is 13.1. The predicted molar refractivity (Wildman–Crippen MR) is 61.2 cm³/mol. The largest absolute Gasteiger partial charge is 0.441 e. The second kappa shape index (κ2) is 4.80. The zero-order valence-corrected chi connectivity index (χ0v) is 9.64. The number of hydrogen-bond acceptors (Lipinski definition) is 3. The molecule has 0 saturated carbocycles. The molecule has 0 fully saturated rings. The van der Waals surface area contributed by atoms with Gasteiger partial charge in [-0.2, -0.15) is 0 Å². The fourth-order valence-corrected chi connectivity index (χ4v) is 1.61. The zero-order chi connectivity index (χ0) is 11.5. The molecule has 1 N–H and O–H groups in total. The summed E-state index contributed by atoms with van der Waals surface area (Å²) in [5.41, 5.74) is 1.03. The number of rotatable bonds is 4. The van der Waals surface area contributed by atoms with E-state index in [2.05, 4.69) is 10.3 Å². The van der Waals surface area contributed by atoms with E-state index in [4.69, 9.17) is 16.0 Å². The van der Waals surface area contributed by atoms with Crippen molar-refractivity contribution in [3.05, 3.63) is 28.9 Å². The molecule has 0 aliphatic heterocycles. The molecule has 16 heavy (non-hydrogen) atoms. The van der Waals surface area contributed by atoms with Crippen LogP contribution in [-0.4, -0.2) is 18.1 Å². The van der Waals surface area contributed by atoms with Gasteiger partial charge in [0.15, 0.2) is 11.5 Å². The van der Waals surface area contributed by atoms with Crippen LogP contribution in [0.2, 0.25) is 5.02 Å². The van der Waals surface area contributed by atoms with Crippen LogP contribution in [0.1, 0.15) is 12.8 Å². The standard InChI is InChI=1S/C11H12ClFN2O/c1-2-14-4-3-11-15-9-5-7(12)8(13)6-10(9)16-11/h5-6,14H,2-4H2,1H3. The van der Waals surface area contributed by atoms with E-state index in [1.54, 1.807) is 0 Å². The number of oxazole rings is 1. The van der Waals surface area contributed by atoms with Gasteiger partial charge in [-0.15, -0.1) is 0 Å². The fourth-order valence-electron chi connectivity index (χ4n) is 1.45. The molecule has 0 atom stereocenters. The van der Waals surface area contributed by atoms with Crippen molar-refractivity contribution in [1.82, 2.24) is 10.3 Å². The molecule has 2 aromatic rings. The predicted octanol–water partition coefficient (Wildman–Crippen LogP) is 2.77. The van der Waals surface area contributed by atoms with Crippen LogP contribution in [0.15, 0.2) is 16.5 Å². The van der Waals surface area contributed by atoms with Crippen molar-refractivity contribution in [2.45, 2.75) is 13.3 Å². The molecule has 0 radical (unpaired) electrons. The fraction of sp³-hybridized carbons (Fsp3) is 0.364. The third-order valence-electron chi connectivity index (χ3n) is 2.24. The Labute approximate surface area is 97.6 Å². The smallest absolute Gasteiger partial charge is 0.196 e. The lowest BCUT2D eigenvalue weighted by Gasteiger charge is -1.95. The Morgan fingerprint density at radius 3 is 3.06 bits per heavy atom. The first-order chi connectivity index (χ1) is 7.70. The van der Waals surface area contributed by atoms with E-state index in [9.17, 15) is 4.39 Å². The van der Waals surface area contributed by atoms with Crippen LogP contribution in [0.4, 0.5) is 4.39 Å². The Morgan fingerprint density at radius 1 is 1.50 bits per heavy atom. The number of hydrogen-bond donors (Lipinski definition) is 1. The summed E-state index contributed by atoms with van der Waals surface area (Å²) >= 11 is 5.65. The molecule has 0 aliphatic carbocycles. The molecule has 0 bridgehead atoms. The van der Waals surface area contributed by atoms with Crippen molar-refractivity contribution in [3.8, 4) is 0 Å². The second-order valence-electron chi connectivity index (χ2n) is 3.45. The van der Waals surface area contributed by atoms with E-state index >= 15 is 0 Å². The number of halogens is 2. The molecular formula is C11H12ClFN2O. The number of aromatic nitrogens is 1. The van der Waals surface area contributed by atoms with Crippen LogP contribution in [0.3, 0.4) is 0 Å². The monoisotopic (exact) mass is 242 g/mol. The van der Waals surface area contributed by atoms with E-state index in [1.807, 2.05) is 6.92 Å². The van der Waals surface area contributed by atoms with Crippen LogP contribution < -0.4 is 5.32 Å². The lowest BCUT2D eigenvalue weighted by atomic mass is 10.3. The maximum Gasteiger partial charge on any atom is 0.196 e. The average molecular weight is 243 g/mol.